The van der Waals surface area contributed by atoms with Crippen LogP contribution in [0.1, 0.15) is 20.7 Å². The fourth-order valence-corrected chi connectivity index (χ4v) is 4.08. The van der Waals surface area contributed by atoms with Crippen LogP contribution in [0, 0.1) is 0 Å². The average Bonchev–Trinajstić information content (AvgIpc) is 2.78. The van der Waals surface area contributed by atoms with E-state index in [-0.39, 0.29) is 33.4 Å². The molecule has 0 aliphatic carbocycles. The zero-order chi connectivity index (χ0) is 21.7. The Morgan fingerprint density at radius 2 is 1.80 bits per heavy atom. The number of hydrogen-bond donors (Lipinski definition) is 1. The molecule has 1 aliphatic rings. The minimum atomic E-state index is -4.03. The average molecular weight is 434 g/mol. The predicted octanol–water partition coefficient (Wildman–Crippen LogP) is 1.75. The number of anilines is 1. The van der Waals surface area contributed by atoms with Crippen molar-refractivity contribution in [1.82, 2.24) is 4.90 Å². The summed E-state index contributed by atoms with van der Waals surface area (Å²) in [5.74, 6) is -0.642. The molecule has 3 rings (SSSR count). The lowest BCUT2D eigenvalue weighted by atomic mass is 10.1. The van der Waals surface area contributed by atoms with E-state index in [0.717, 1.165) is 0 Å². The van der Waals surface area contributed by atoms with Gasteiger partial charge in [0.15, 0.2) is 0 Å². The topological polar surface area (TPSA) is 111 Å². The first kappa shape index (κ1) is 21.6. The molecular formula is C20H22N2O7S. The van der Waals surface area contributed by atoms with E-state index in [1.807, 2.05) is 0 Å². The predicted molar refractivity (Wildman–Crippen MR) is 108 cm³/mol. The maximum atomic E-state index is 12.9. The Hall–Kier alpha value is -3.11. The van der Waals surface area contributed by atoms with E-state index >= 15 is 0 Å². The van der Waals surface area contributed by atoms with Crippen LogP contribution < -0.4 is 9.46 Å². The molecule has 1 amide bonds. The molecule has 1 N–H and O–H groups in total. The summed E-state index contributed by atoms with van der Waals surface area (Å²) >= 11 is 0. The second-order valence-electron chi connectivity index (χ2n) is 6.44. The second kappa shape index (κ2) is 9.14. The van der Waals surface area contributed by atoms with Gasteiger partial charge in [-0.05, 0) is 36.4 Å². The number of carbonyl (C=O) groups is 2. The van der Waals surface area contributed by atoms with Gasteiger partial charge in [0.2, 0.25) is 0 Å². The van der Waals surface area contributed by atoms with E-state index in [1.165, 1.54) is 56.7 Å². The number of ether oxygens (including phenoxy) is 3. The Balaban J connectivity index is 1.91. The van der Waals surface area contributed by atoms with Crippen LogP contribution in [0.3, 0.4) is 0 Å². The number of hydrogen-bond acceptors (Lipinski definition) is 7. The summed E-state index contributed by atoms with van der Waals surface area (Å²) in [4.78, 5) is 26.1. The monoisotopic (exact) mass is 434 g/mol. The molecule has 0 spiro atoms. The molecule has 0 bridgehead atoms. The molecule has 0 radical (unpaired) electrons. The summed E-state index contributed by atoms with van der Waals surface area (Å²) in [5.41, 5.74) is 0.538. The third-order valence-electron chi connectivity index (χ3n) is 4.55. The van der Waals surface area contributed by atoms with Crippen molar-refractivity contribution in [2.45, 2.75) is 4.90 Å². The number of rotatable bonds is 6. The molecule has 30 heavy (non-hydrogen) atoms. The Labute approximate surface area is 174 Å². The van der Waals surface area contributed by atoms with Crippen LogP contribution in [0.4, 0.5) is 5.69 Å². The van der Waals surface area contributed by atoms with Crippen molar-refractivity contribution in [1.29, 1.82) is 0 Å². The van der Waals surface area contributed by atoms with Crippen LogP contribution in [0.2, 0.25) is 0 Å². The zero-order valence-corrected chi connectivity index (χ0v) is 17.4. The lowest BCUT2D eigenvalue weighted by Gasteiger charge is -2.27. The van der Waals surface area contributed by atoms with Crippen molar-refractivity contribution < 1.29 is 32.2 Å². The number of nitrogens with one attached hydrogen (secondary N) is 1. The second-order valence-corrected chi connectivity index (χ2v) is 8.13. The third kappa shape index (κ3) is 4.71. The largest absolute Gasteiger partial charge is 0.496 e. The van der Waals surface area contributed by atoms with Crippen molar-refractivity contribution in [3.05, 3.63) is 53.6 Å². The van der Waals surface area contributed by atoms with Crippen molar-refractivity contribution in [2.24, 2.45) is 0 Å². The minimum absolute atomic E-state index is 0.108. The van der Waals surface area contributed by atoms with Crippen molar-refractivity contribution in [3.63, 3.8) is 0 Å². The molecule has 0 atom stereocenters. The van der Waals surface area contributed by atoms with Gasteiger partial charge in [0, 0.05) is 18.8 Å². The highest BCUT2D eigenvalue weighted by Gasteiger charge is 2.25. The van der Waals surface area contributed by atoms with Gasteiger partial charge in [-0.1, -0.05) is 6.07 Å². The highest BCUT2D eigenvalue weighted by molar-refractivity contribution is 7.92. The van der Waals surface area contributed by atoms with Gasteiger partial charge in [0.05, 0.1) is 43.5 Å². The normalized spacial score (nSPS) is 14.1. The van der Waals surface area contributed by atoms with Crippen molar-refractivity contribution in [2.75, 3.05) is 45.2 Å². The summed E-state index contributed by atoms with van der Waals surface area (Å²) in [6.07, 6.45) is 0. The molecule has 1 saturated heterocycles. The molecule has 160 valence electrons. The molecule has 1 fully saturated rings. The highest BCUT2D eigenvalue weighted by Crippen LogP contribution is 2.26. The summed E-state index contributed by atoms with van der Waals surface area (Å²) in [7, 11) is -1.37. The van der Waals surface area contributed by atoms with Crippen LogP contribution >= 0.6 is 0 Å². The van der Waals surface area contributed by atoms with Gasteiger partial charge in [-0.2, -0.15) is 0 Å². The molecular weight excluding hydrogens is 412 g/mol. The fraction of sp³-hybridized carbons (Fsp3) is 0.300. The van der Waals surface area contributed by atoms with Gasteiger partial charge in [-0.15, -0.1) is 0 Å². The summed E-state index contributed by atoms with van der Waals surface area (Å²) in [6.45, 7) is 1.67. The van der Waals surface area contributed by atoms with Gasteiger partial charge < -0.3 is 19.1 Å². The van der Waals surface area contributed by atoms with Crippen molar-refractivity contribution >= 4 is 27.6 Å². The zero-order valence-electron chi connectivity index (χ0n) is 16.6. The maximum absolute atomic E-state index is 12.9. The lowest BCUT2D eigenvalue weighted by molar-refractivity contribution is 0.0300. The maximum Gasteiger partial charge on any atom is 0.337 e. The fourth-order valence-electron chi connectivity index (χ4n) is 3.00. The van der Waals surface area contributed by atoms with Crippen LogP contribution in [0.5, 0.6) is 5.75 Å². The van der Waals surface area contributed by atoms with Gasteiger partial charge in [-0.3, -0.25) is 9.52 Å². The number of nitrogens with zero attached hydrogens (tertiary/aromatic N) is 1. The van der Waals surface area contributed by atoms with E-state index in [2.05, 4.69) is 9.46 Å². The Bertz CT molecular complexity index is 1050. The summed E-state index contributed by atoms with van der Waals surface area (Å²) < 4.78 is 43.4. The molecule has 2 aromatic carbocycles. The van der Waals surface area contributed by atoms with E-state index < -0.39 is 16.0 Å². The molecule has 1 heterocycles. The van der Waals surface area contributed by atoms with Gasteiger partial charge in [0.1, 0.15) is 5.75 Å². The van der Waals surface area contributed by atoms with Gasteiger partial charge in [-0.25, -0.2) is 13.2 Å². The lowest BCUT2D eigenvalue weighted by Crippen LogP contribution is -2.40. The van der Waals surface area contributed by atoms with Gasteiger partial charge >= 0.3 is 5.97 Å². The summed E-state index contributed by atoms with van der Waals surface area (Å²) in [6, 6.07) is 9.99. The Kier molecular flexibility index (Phi) is 6.58. The third-order valence-corrected chi connectivity index (χ3v) is 5.92. The molecule has 10 heteroatoms. The Morgan fingerprint density at radius 3 is 2.47 bits per heavy atom. The molecule has 9 nitrogen and oxygen atoms in total. The van der Waals surface area contributed by atoms with Crippen LogP contribution in [0.15, 0.2) is 47.4 Å². The number of sulfonamides is 1. The molecule has 1 aliphatic heterocycles. The van der Waals surface area contributed by atoms with E-state index in [1.54, 1.807) is 4.90 Å². The molecule has 0 saturated carbocycles. The van der Waals surface area contributed by atoms with E-state index in [0.29, 0.717) is 26.3 Å². The van der Waals surface area contributed by atoms with Gasteiger partial charge in [0.25, 0.3) is 15.9 Å². The first-order chi connectivity index (χ1) is 14.4. The number of morpholine rings is 1. The van der Waals surface area contributed by atoms with Crippen LogP contribution in [0.25, 0.3) is 0 Å². The highest BCUT2D eigenvalue weighted by atomic mass is 32.2. The molecule has 0 unspecified atom stereocenters. The first-order valence-electron chi connectivity index (χ1n) is 9.12. The van der Waals surface area contributed by atoms with Crippen LogP contribution in [-0.4, -0.2) is 65.7 Å². The number of methoxy groups -OCH3 is 2. The summed E-state index contributed by atoms with van der Waals surface area (Å²) in [5, 5.41) is 0. The van der Waals surface area contributed by atoms with Crippen molar-refractivity contribution in [3.8, 4) is 5.75 Å². The SMILES string of the molecule is COC(=O)c1cccc(NS(=O)(=O)c2ccc(OC)c(C(=O)N3CCOCC3)c2)c1. The quantitative estimate of drug-likeness (QED) is 0.690. The molecule has 2 aromatic rings. The molecule has 0 aromatic heterocycles. The van der Waals surface area contributed by atoms with Crippen LogP contribution in [-0.2, 0) is 19.5 Å². The minimum Gasteiger partial charge on any atom is -0.496 e. The number of esters is 1. The number of carbonyl (C=O) groups excluding carboxylic acids is 2. The Morgan fingerprint density at radius 1 is 1.07 bits per heavy atom. The van der Waals surface area contributed by atoms with E-state index in [9.17, 15) is 18.0 Å². The first-order valence-corrected chi connectivity index (χ1v) is 10.6. The van der Waals surface area contributed by atoms with E-state index in [4.69, 9.17) is 9.47 Å². The smallest absolute Gasteiger partial charge is 0.337 e. The number of benzene rings is 2. The number of amides is 1. The standard InChI is InChI=1S/C20H22N2O7S/c1-27-18-7-6-16(13-17(18)19(23)22-8-10-29-11-9-22)30(25,26)21-15-5-3-4-14(12-15)20(24)28-2/h3-7,12-13,21H,8-11H2,1-2H3.